The summed E-state index contributed by atoms with van der Waals surface area (Å²) in [4.78, 5) is 4.20. The van der Waals surface area contributed by atoms with Crippen molar-refractivity contribution in [2.45, 2.75) is 121 Å². The third-order valence-electron chi connectivity index (χ3n) is 21.7. The summed E-state index contributed by atoms with van der Waals surface area (Å²) in [5.41, 5.74) is 44.8. The monoisotopic (exact) mass is 1650 g/mol. The highest BCUT2D eigenvalue weighted by Crippen LogP contribution is 2.46. The van der Waals surface area contributed by atoms with Crippen molar-refractivity contribution in [3.05, 3.63) is 313 Å². The molecule has 7 heterocycles. The standard InChI is InChI=1S/C18H21NO.2C16H15Cl2NO.C16H16ClNO.C16H18N2O.C16H17NO/c1-13-6-3-4-8-16(13)17-9-5-7-14-10-11-15(12-19-2)20-18(14)17;17-11-5-7-13(15(18)8-11)14-3-1-2-10-4-6-12(9-19)20-16(10)14;17-11-5-7-15(18)14(8-11)13-3-1-2-10-4-6-12(9-19)20-16(10)13;17-15-7-2-1-5-13(15)14-6-3-4-11-8-9-12(10-18)19-16(11)14;1-17-11-14-8-7-12-4-2-6-15(16(12)19-14)13-5-3-9-18-10-13;17-11-14-10-9-13-7-4-8-15(16(13)18-14)12-5-2-1-3-6-12/h3-9,15,19H,10-12H2,1-2H3;2*1-3,5,7-8,12H,4,6,9,19H2;1-7,12H,8-10,18H2;2-6,9-10,14,17H,7-8,11H2,1H3;1-8,14H,9-11,17H2/t15-;3*12-;2*14-/m000000/s1. The summed E-state index contributed by atoms with van der Waals surface area (Å²) in [6.45, 7) is 6.14. The average Bonchev–Trinajstić information content (AvgIpc) is 0.802. The number of nitrogens with zero attached hydrogens (tertiary/aromatic N) is 1. The Morgan fingerprint density at radius 2 is 0.629 bits per heavy atom. The van der Waals surface area contributed by atoms with Crippen LogP contribution in [-0.4, -0.2) is 95.0 Å². The lowest BCUT2D eigenvalue weighted by Crippen LogP contribution is -2.32. The molecule has 0 saturated carbocycles. The van der Waals surface area contributed by atoms with E-state index in [4.69, 9.17) is 109 Å². The molecule has 6 atom stereocenters. The number of likely N-dealkylation sites (N-methyl/N-ethyl adjacent to an activating group) is 2. The fraction of sp³-hybridized carbons (Fsp3) is 0.276. The van der Waals surface area contributed by atoms with Crippen LogP contribution in [0.2, 0.25) is 25.1 Å². The highest BCUT2D eigenvalue weighted by atomic mass is 35.5. The first-order chi connectivity index (χ1) is 56.7. The van der Waals surface area contributed by atoms with Gasteiger partial charge in [0.05, 0.1) is 5.02 Å². The molecule has 6 aliphatic rings. The van der Waals surface area contributed by atoms with Crippen molar-refractivity contribution in [2.75, 3.05) is 53.4 Å². The van der Waals surface area contributed by atoms with E-state index >= 15 is 0 Å². The molecule has 0 spiro atoms. The lowest BCUT2D eigenvalue weighted by molar-refractivity contribution is 0.174. The number of aryl methyl sites for hydroxylation is 7. The minimum Gasteiger partial charge on any atom is -0.488 e. The van der Waals surface area contributed by atoms with E-state index in [9.17, 15) is 0 Å². The Kier molecular flexibility index (Phi) is 30.3. The van der Waals surface area contributed by atoms with Crippen LogP contribution >= 0.6 is 58.0 Å². The summed E-state index contributed by atoms with van der Waals surface area (Å²) in [6.07, 6.45) is 16.9. The van der Waals surface area contributed by atoms with E-state index < -0.39 is 0 Å². The van der Waals surface area contributed by atoms with Crippen molar-refractivity contribution in [1.82, 2.24) is 15.6 Å². The van der Waals surface area contributed by atoms with Crippen molar-refractivity contribution >= 4 is 58.0 Å². The van der Waals surface area contributed by atoms with Crippen LogP contribution in [0, 0.1) is 6.92 Å². The van der Waals surface area contributed by atoms with Gasteiger partial charge in [-0.15, -0.1) is 0 Å². The number of ether oxygens (including phenoxy) is 6. The first-order valence-electron chi connectivity index (χ1n) is 40.2. The summed E-state index contributed by atoms with van der Waals surface area (Å²) in [5, 5.41) is 9.73. The summed E-state index contributed by atoms with van der Waals surface area (Å²) < 4.78 is 36.6. The number of rotatable bonds is 14. The fourth-order valence-corrected chi connectivity index (χ4v) is 16.7. The number of halogens is 5. The van der Waals surface area contributed by atoms with Crippen LogP contribution in [-0.2, 0) is 38.5 Å². The van der Waals surface area contributed by atoms with Crippen LogP contribution < -0.4 is 62.0 Å². The van der Waals surface area contributed by atoms with Crippen LogP contribution in [0.25, 0.3) is 66.8 Å². The molecule has 0 fully saturated rings. The third-order valence-corrected chi connectivity index (χ3v) is 23.2. The Hall–Kier alpha value is -9.42. The van der Waals surface area contributed by atoms with Gasteiger partial charge in [0.25, 0.3) is 0 Å². The molecule has 0 aliphatic carbocycles. The molecule has 1 aromatic heterocycles. The van der Waals surface area contributed by atoms with Crippen molar-refractivity contribution in [1.29, 1.82) is 0 Å². The van der Waals surface area contributed by atoms with Gasteiger partial charge < -0.3 is 62.0 Å². The topological polar surface area (TPSA) is 196 Å². The van der Waals surface area contributed by atoms with E-state index in [1.54, 1.807) is 18.3 Å². The average molecular weight is 1650 g/mol. The number of hydrogen-bond acceptors (Lipinski definition) is 13. The Morgan fingerprint density at radius 3 is 1.04 bits per heavy atom. The van der Waals surface area contributed by atoms with Crippen LogP contribution in [0.3, 0.4) is 0 Å². The number of nitrogens with two attached hydrogens (primary N) is 4. The fourth-order valence-electron chi connectivity index (χ4n) is 15.6. The van der Waals surface area contributed by atoms with Gasteiger partial charge in [-0.1, -0.05) is 252 Å². The normalized spacial score (nSPS) is 17.6. The Bertz CT molecular complexity index is 5250. The maximum atomic E-state index is 6.31. The number of nitrogens with one attached hydrogen (secondary N) is 2. The molecule has 6 aliphatic heterocycles. The highest BCUT2D eigenvalue weighted by molar-refractivity contribution is 6.37. The van der Waals surface area contributed by atoms with Gasteiger partial charge in [0.15, 0.2) is 0 Å². The van der Waals surface area contributed by atoms with E-state index in [-0.39, 0.29) is 36.6 Å². The maximum absolute atomic E-state index is 6.31. The summed E-state index contributed by atoms with van der Waals surface area (Å²) in [7, 11) is 3.94. The number of benzene rings is 11. The molecular weight excluding hydrogens is 1550 g/mol. The minimum absolute atomic E-state index is 0.0709. The van der Waals surface area contributed by atoms with Gasteiger partial charge in [-0.3, -0.25) is 4.98 Å². The molecule has 0 radical (unpaired) electrons. The zero-order chi connectivity index (χ0) is 80.9. The second kappa shape index (κ2) is 41.6. The molecule has 600 valence electrons. The Balaban J connectivity index is 0.000000121. The smallest absolute Gasteiger partial charge is 0.130 e. The van der Waals surface area contributed by atoms with E-state index in [0.717, 1.165) is 174 Å². The second-order valence-electron chi connectivity index (χ2n) is 29.6. The summed E-state index contributed by atoms with van der Waals surface area (Å²) >= 11 is 31.0. The van der Waals surface area contributed by atoms with Crippen molar-refractivity contribution < 1.29 is 28.4 Å². The minimum atomic E-state index is 0.0709. The summed E-state index contributed by atoms with van der Waals surface area (Å²) in [5.74, 6) is 5.86. The first kappa shape index (κ1) is 84.5. The highest BCUT2D eigenvalue weighted by Gasteiger charge is 2.29. The quantitative estimate of drug-likeness (QED) is 0.0602. The molecule has 18 heteroatoms. The van der Waals surface area contributed by atoms with Gasteiger partial charge in [0.2, 0.25) is 0 Å². The molecule has 0 amide bonds. The Labute approximate surface area is 708 Å². The SMILES string of the molecule is CNC[C@@H]1CCc2cccc(-c3ccccc3C)c2O1.CNC[C@@H]1CCc2cccc(-c3cccnc3)c2O1.NC[C@@H]1CCc2cccc(-c3cc(Cl)ccc3Cl)c2O1.NC[C@@H]1CCc2cccc(-c3ccc(Cl)cc3Cl)c2O1.NC[C@@H]1CCc2cccc(-c3ccccc3)c2O1.NC[C@@H]1CCc2cccc(-c3ccccc3Cl)c2O1. The number of para-hydroxylation sites is 6. The lowest BCUT2D eigenvalue weighted by atomic mass is 9.93. The number of hydrogen-bond donors (Lipinski definition) is 6. The van der Waals surface area contributed by atoms with Crippen LogP contribution in [0.15, 0.2) is 249 Å². The number of pyridine rings is 1. The van der Waals surface area contributed by atoms with E-state index in [0.29, 0.717) is 46.3 Å². The number of fused-ring (bicyclic) bond motifs is 6. The van der Waals surface area contributed by atoms with Gasteiger partial charge in [0.1, 0.15) is 71.1 Å². The zero-order valence-electron chi connectivity index (χ0n) is 66.0. The zero-order valence-corrected chi connectivity index (χ0v) is 69.7. The van der Waals surface area contributed by atoms with Crippen LogP contribution in [0.5, 0.6) is 34.5 Å². The molecule has 0 saturated heterocycles. The van der Waals surface area contributed by atoms with Gasteiger partial charge in [0, 0.05) is 127 Å². The van der Waals surface area contributed by atoms with Gasteiger partial charge in [-0.2, -0.15) is 0 Å². The molecule has 0 bridgehead atoms. The van der Waals surface area contributed by atoms with Crippen molar-refractivity contribution in [2.24, 2.45) is 22.9 Å². The maximum Gasteiger partial charge on any atom is 0.130 e. The molecular formula is C98H102Cl5N7O6. The number of aromatic nitrogens is 1. The van der Waals surface area contributed by atoms with Gasteiger partial charge in [-0.25, -0.2) is 0 Å². The van der Waals surface area contributed by atoms with Crippen molar-refractivity contribution in [3.8, 4) is 101 Å². The Morgan fingerprint density at radius 1 is 0.302 bits per heavy atom. The van der Waals surface area contributed by atoms with Crippen molar-refractivity contribution in [3.63, 3.8) is 0 Å². The lowest BCUT2D eigenvalue weighted by Gasteiger charge is -2.28. The largest absolute Gasteiger partial charge is 0.488 e. The first-order valence-corrected chi connectivity index (χ1v) is 42.1. The second-order valence-corrected chi connectivity index (χ2v) is 31.7. The molecule has 13 nitrogen and oxygen atoms in total. The molecule has 0 unspecified atom stereocenters. The molecule has 116 heavy (non-hydrogen) atoms. The predicted molar refractivity (Wildman–Crippen MR) is 479 cm³/mol. The van der Waals surface area contributed by atoms with Gasteiger partial charge in [-0.05, 0) is 191 Å². The van der Waals surface area contributed by atoms with Gasteiger partial charge >= 0.3 is 0 Å². The van der Waals surface area contributed by atoms with Crippen LogP contribution in [0.1, 0.15) is 77.5 Å². The molecule has 12 aromatic rings. The predicted octanol–water partition coefficient (Wildman–Crippen LogP) is 21.5. The van der Waals surface area contributed by atoms with Crippen LogP contribution in [0.4, 0.5) is 0 Å². The third kappa shape index (κ3) is 21.1. The van der Waals surface area contributed by atoms with E-state index in [1.807, 2.05) is 105 Å². The molecule has 11 aromatic carbocycles. The summed E-state index contributed by atoms with van der Waals surface area (Å²) in [6, 6.07) is 79.5. The van der Waals surface area contributed by atoms with E-state index in [2.05, 4.69) is 162 Å². The molecule has 18 rings (SSSR count). The molecule has 10 N–H and O–H groups in total. The van der Waals surface area contributed by atoms with E-state index in [1.165, 1.54) is 61.2 Å².